The van der Waals surface area contributed by atoms with Crippen LogP contribution in [0, 0.1) is 6.92 Å². The normalized spacial score (nSPS) is 12.9. The van der Waals surface area contributed by atoms with Gasteiger partial charge >= 0.3 is 0 Å². The molecule has 2 N–H and O–H groups in total. The van der Waals surface area contributed by atoms with Crippen LogP contribution in [0.25, 0.3) is 0 Å². The number of benzene rings is 2. The summed E-state index contributed by atoms with van der Waals surface area (Å²) in [6.07, 6.45) is 0. The lowest BCUT2D eigenvalue weighted by Crippen LogP contribution is -2.21. The van der Waals surface area contributed by atoms with E-state index in [1.807, 2.05) is 37.3 Å². The Morgan fingerprint density at radius 2 is 2.19 bits per heavy atom. The molecule has 0 aromatic heterocycles. The van der Waals surface area contributed by atoms with Crippen LogP contribution in [0.4, 0.5) is 11.4 Å². The molecule has 1 heterocycles. The van der Waals surface area contributed by atoms with Crippen molar-refractivity contribution in [1.29, 1.82) is 0 Å². The highest BCUT2D eigenvalue weighted by atomic mass is 79.9. The summed E-state index contributed by atoms with van der Waals surface area (Å²) in [4.78, 5) is 12.4. The molecule has 1 aliphatic rings. The van der Waals surface area contributed by atoms with E-state index in [1.54, 1.807) is 6.07 Å². The number of aryl methyl sites for hydroxylation is 1. The van der Waals surface area contributed by atoms with E-state index in [2.05, 4.69) is 26.6 Å². The minimum absolute atomic E-state index is 0.175. The molecular formula is C16H15BrN2O2. The van der Waals surface area contributed by atoms with Gasteiger partial charge in [0.15, 0.2) is 5.75 Å². The number of carbonyl (C=O) groups is 1. The Balaban J connectivity index is 1.87. The predicted molar refractivity (Wildman–Crippen MR) is 87.3 cm³/mol. The van der Waals surface area contributed by atoms with E-state index in [9.17, 15) is 4.79 Å². The first-order chi connectivity index (χ1) is 10.1. The Bertz CT molecular complexity index is 701. The molecule has 3 rings (SSSR count). The number of carbonyl (C=O) groups excluding carboxylic acids is 1. The van der Waals surface area contributed by atoms with E-state index < -0.39 is 0 Å². The van der Waals surface area contributed by atoms with Gasteiger partial charge in [-0.25, -0.2) is 0 Å². The van der Waals surface area contributed by atoms with Crippen LogP contribution in [0.3, 0.4) is 0 Å². The fourth-order valence-electron chi connectivity index (χ4n) is 2.22. The lowest BCUT2D eigenvalue weighted by atomic mass is 10.1. The van der Waals surface area contributed by atoms with Gasteiger partial charge in [0.25, 0.3) is 5.91 Å². The number of hydrogen-bond acceptors (Lipinski definition) is 3. The van der Waals surface area contributed by atoms with Crippen LogP contribution in [0.5, 0.6) is 5.75 Å². The maximum absolute atomic E-state index is 12.4. The van der Waals surface area contributed by atoms with Crippen LogP contribution in [0.15, 0.2) is 40.9 Å². The molecule has 2 aromatic rings. The van der Waals surface area contributed by atoms with Gasteiger partial charge in [0.05, 0.1) is 11.3 Å². The third kappa shape index (κ3) is 2.88. The summed E-state index contributed by atoms with van der Waals surface area (Å²) in [6, 6.07) is 11.3. The summed E-state index contributed by atoms with van der Waals surface area (Å²) >= 11 is 3.47. The van der Waals surface area contributed by atoms with Crippen molar-refractivity contribution in [1.82, 2.24) is 0 Å². The minimum atomic E-state index is -0.175. The summed E-state index contributed by atoms with van der Waals surface area (Å²) in [5.74, 6) is 0.443. The third-order valence-electron chi connectivity index (χ3n) is 3.35. The van der Waals surface area contributed by atoms with Gasteiger partial charge < -0.3 is 15.4 Å². The first-order valence-electron chi connectivity index (χ1n) is 6.72. The molecule has 0 unspecified atom stereocenters. The van der Waals surface area contributed by atoms with Gasteiger partial charge in [-0.1, -0.05) is 28.1 Å². The Morgan fingerprint density at radius 3 is 3.00 bits per heavy atom. The first kappa shape index (κ1) is 13.9. The van der Waals surface area contributed by atoms with Crippen LogP contribution in [0.1, 0.15) is 15.9 Å². The van der Waals surface area contributed by atoms with Crippen molar-refractivity contribution < 1.29 is 9.53 Å². The summed E-state index contributed by atoms with van der Waals surface area (Å²) in [6.45, 7) is 3.32. The Morgan fingerprint density at radius 1 is 1.33 bits per heavy atom. The fourth-order valence-corrected chi connectivity index (χ4v) is 2.60. The number of amides is 1. The maximum atomic E-state index is 12.4. The zero-order chi connectivity index (χ0) is 14.8. The SMILES string of the molecule is Cc1ccc(NC(=O)c2cccc3c2OCCN3)cc1Br. The number of para-hydroxylation sites is 1. The van der Waals surface area contributed by atoms with Crippen LogP contribution in [-0.2, 0) is 0 Å². The fraction of sp³-hybridized carbons (Fsp3) is 0.188. The zero-order valence-electron chi connectivity index (χ0n) is 11.6. The number of anilines is 2. The second-order valence-corrected chi connectivity index (χ2v) is 5.73. The average molecular weight is 347 g/mol. The topological polar surface area (TPSA) is 50.4 Å². The quantitative estimate of drug-likeness (QED) is 0.869. The molecule has 5 heteroatoms. The van der Waals surface area contributed by atoms with Crippen LogP contribution in [0.2, 0.25) is 0 Å². The van der Waals surface area contributed by atoms with Gasteiger partial charge in [0, 0.05) is 16.7 Å². The molecule has 0 bridgehead atoms. The molecule has 0 spiro atoms. The van der Waals surface area contributed by atoms with Gasteiger partial charge in [0.1, 0.15) is 6.61 Å². The molecule has 0 aliphatic carbocycles. The lowest BCUT2D eigenvalue weighted by molar-refractivity contribution is 0.102. The van der Waals surface area contributed by atoms with Crippen LogP contribution in [-0.4, -0.2) is 19.1 Å². The van der Waals surface area contributed by atoms with Crippen molar-refractivity contribution in [2.75, 3.05) is 23.8 Å². The van der Waals surface area contributed by atoms with Crippen LogP contribution < -0.4 is 15.4 Å². The van der Waals surface area contributed by atoms with E-state index in [0.29, 0.717) is 17.9 Å². The zero-order valence-corrected chi connectivity index (χ0v) is 13.2. The van der Waals surface area contributed by atoms with Crippen LogP contribution >= 0.6 is 15.9 Å². The van der Waals surface area contributed by atoms with E-state index in [4.69, 9.17) is 4.74 Å². The summed E-state index contributed by atoms with van der Waals surface area (Å²) in [5.41, 5.74) is 3.27. The van der Waals surface area contributed by atoms with Crippen molar-refractivity contribution in [3.05, 3.63) is 52.0 Å². The lowest BCUT2D eigenvalue weighted by Gasteiger charge is -2.21. The molecule has 0 saturated heterocycles. The third-order valence-corrected chi connectivity index (χ3v) is 4.21. The first-order valence-corrected chi connectivity index (χ1v) is 7.51. The number of fused-ring (bicyclic) bond motifs is 1. The number of halogens is 1. The summed E-state index contributed by atoms with van der Waals surface area (Å²) in [7, 11) is 0. The second kappa shape index (κ2) is 5.77. The summed E-state index contributed by atoms with van der Waals surface area (Å²) < 4.78 is 6.59. The molecule has 0 saturated carbocycles. The molecule has 0 radical (unpaired) electrons. The molecule has 0 fully saturated rings. The number of nitrogens with one attached hydrogen (secondary N) is 2. The average Bonchev–Trinajstić information content (AvgIpc) is 2.50. The summed E-state index contributed by atoms with van der Waals surface area (Å²) in [5, 5.41) is 6.13. The van der Waals surface area contributed by atoms with Crippen molar-refractivity contribution in [2.45, 2.75) is 6.92 Å². The van der Waals surface area contributed by atoms with E-state index in [-0.39, 0.29) is 5.91 Å². The molecular weight excluding hydrogens is 332 g/mol. The van der Waals surface area contributed by atoms with Crippen molar-refractivity contribution in [3.8, 4) is 5.75 Å². The molecule has 4 nitrogen and oxygen atoms in total. The molecule has 2 aromatic carbocycles. The maximum Gasteiger partial charge on any atom is 0.259 e. The van der Waals surface area contributed by atoms with Gasteiger partial charge in [0.2, 0.25) is 0 Å². The monoisotopic (exact) mass is 346 g/mol. The largest absolute Gasteiger partial charge is 0.489 e. The van der Waals surface area contributed by atoms with Crippen molar-refractivity contribution in [3.63, 3.8) is 0 Å². The highest BCUT2D eigenvalue weighted by Gasteiger charge is 2.19. The Kier molecular flexibility index (Phi) is 3.84. The Labute approximate surface area is 131 Å². The van der Waals surface area contributed by atoms with Gasteiger partial charge in [-0.05, 0) is 36.8 Å². The van der Waals surface area contributed by atoms with E-state index >= 15 is 0 Å². The van der Waals surface area contributed by atoms with E-state index in [0.717, 1.165) is 28.0 Å². The molecule has 1 amide bonds. The number of hydrogen-bond donors (Lipinski definition) is 2. The molecule has 21 heavy (non-hydrogen) atoms. The Hall–Kier alpha value is -2.01. The van der Waals surface area contributed by atoms with Gasteiger partial charge in [-0.3, -0.25) is 4.79 Å². The molecule has 0 atom stereocenters. The molecule has 1 aliphatic heterocycles. The van der Waals surface area contributed by atoms with Crippen molar-refractivity contribution >= 4 is 33.2 Å². The number of ether oxygens (including phenoxy) is 1. The van der Waals surface area contributed by atoms with Gasteiger partial charge in [-0.2, -0.15) is 0 Å². The highest BCUT2D eigenvalue weighted by Crippen LogP contribution is 2.32. The smallest absolute Gasteiger partial charge is 0.259 e. The highest BCUT2D eigenvalue weighted by molar-refractivity contribution is 9.10. The molecule has 108 valence electrons. The van der Waals surface area contributed by atoms with E-state index in [1.165, 1.54) is 0 Å². The predicted octanol–water partition coefficient (Wildman–Crippen LogP) is 3.81. The second-order valence-electron chi connectivity index (χ2n) is 4.88. The minimum Gasteiger partial charge on any atom is -0.489 e. The van der Waals surface area contributed by atoms with Crippen molar-refractivity contribution in [2.24, 2.45) is 0 Å². The standard InChI is InChI=1S/C16H15BrN2O2/c1-10-5-6-11(9-13(10)17)19-16(20)12-3-2-4-14-15(12)21-8-7-18-14/h2-6,9,18H,7-8H2,1H3,(H,19,20). The number of rotatable bonds is 2. The van der Waals surface area contributed by atoms with Gasteiger partial charge in [-0.15, -0.1) is 0 Å².